The van der Waals surface area contributed by atoms with Crippen LogP contribution in [0.3, 0.4) is 0 Å². The predicted octanol–water partition coefficient (Wildman–Crippen LogP) is 5.85. The Labute approximate surface area is 219 Å². The Hall–Kier alpha value is -3.21. The Kier molecular flexibility index (Phi) is 7.49. The van der Waals surface area contributed by atoms with Crippen molar-refractivity contribution < 1.29 is 13.2 Å². The zero-order chi connectivity index (χ0) is 25.9. The lowest BCUT2D eigenvalue weighted by Gasteiger charge is -2.19. The summed E-state index contributed by atoms with van der Waals surface area (Å²) in [5, 5.41) is 0.0455. The first-order valence-electron chi connectivity index (χ1n) is 10.9. The van der Waals surface area contributed by atoms with E-state index in [4.69, 9.17) is 16.3 Å². The number of hydrogen-bond acceptors (Lipinski definition) is 8. The standard InChI is InChI=1S/C25H24ClN5O3S2/c1-25(2,3)16-10-12-17(13-11-16)36(32,33)31-22-20(35-19-9-6-5-8-18(19)34-4)21(26)29-24(30-22)23-27-14-7-15-28-23/h5-15H,1-4H3,(H,29,30,31). The molecule has 0 bridgehead atoms. The van der Waals surface area contributed by atoms with E-state index in [1.165, 1.54) is 24.2 Å². The van der Waals surface area contributed by atoms with Crippen molar-refractivity contribution in [3.05, 3.63) is 77.7 Å². The fourth-order valence-corrected chi connectivity index (χ4v) is 5.54. The van der Waals surface area contributed by atoms with E-state index in [1.54, 1.807) is 43.5 Å². The highest BCUT2D eigenvalue weighted by Gasteiger charge is 2.24. The molecule has 0 fully saturated rings. The molecule has 0 saturated heterocycles. The summed E-state index contributed by atoms with van der Waals surface area (Å²) in [7, 11) is -2.45. The fourth-order valence-electron chi connectivity index (χ4n) is 3.23. The van der Waals surface area contributed by atoms with Gasteiger partial charge in [0, 0.05) is 12.4 Å². The van der Waals surface area contributed by atoms with Crippen molar-refractivity contribution in [2.75, 3.05) is 11.8 Å². The Balaban J connectivity index is 1.79. The molecule has 8 nitrogen and oxygen atoms in total. The monoisotopic (exact) mass is 541 g/mol. The Bertz CT molecular complexity index is 1480. The Morgan fingerprint density at radius 2 is 1.58 bits per heavy atom. The van der Waals surface area contributed by atoms with E-state index >= 15 is 0 Å². The van der Waals surface area contributed by atoms with Gasteiger partial charge < -0.3 is 4.74 Å². The predicted molar refractivity (Wildman–Crippen MR) is 141 cm³/mol. The summed E-state index contributed by atoms with van der Waals surface area (Å²) in [6.07, 6.45) is 3.08. The minimum atomic E-state index is -4.01. The number of rotatable bonds is 7. The largest absolute Gasteiger partial charge is 0.496 e. The van der Waals surface area contributed by atoms with Gasteiger partial charge in [-0.3, -0.25) is 4.72 Å². The van der Waals surface area contributed by atoms with E-state index in [2.05, 4.69) is 45.4 Å². The van der Waals surface area contributed by atoms with Crippen LogP contribution in [-0.2, 0) is 15.4 Å². The molecule has 0 atom stereocenters. The van der Waals surface area contributed by atoms with Crippen LogP contribution in [0.2, 0.25) is 5.15 Å². The van der Waals surface area contributed by atoms with Crippen molar-refractivity contribution in [2.24, 2.45) is 0 Å². The second-order valence-corrected chi connectivity index (χ2v) is 11.8. The number of halogens is 1. The van der Waals surface area contributed by atoms with Gasteiger partial charge >= 0.3 is 0 Å². The van der Waals surface area contributed by atoms with E-state index < -0.39 is 10.0 Å². The molecule has 186 valence electrons. The lowest BCUT2D eigenvalue weighted by atomic mass is 9.87. The molecule has 2 aromatic heterocycles. The molecule has 1 N–H and O–H groups in total. The summed E-state index contributed by atoms with van der Waals surface area (Å²) >= 11 is 7.76. The van der Waals surface area contributed by atoms with Crippen molar-refractivity contribution in [3.8, 4) is 17.4 Å². The summed E-state index contributed by atoms with van der Waals surface area (Å²) in [5.74, 6) is 0.905. The van der Waals surface area contributed by atoms with Gasteiger partial charge in [0.2, 0.25) is 5.82 Å². The maximum atomic E-state index is 13.4. The van der Waals surface area contributed by atoms with Gasteiger partial charge in [0.15, 0.2) is 11.6 Å². The molecule has 2 heterocycles. The number of methoxy groups -OCH3 is 1. The van der Waals surface area contributed by atoms with Gasteiger partial charge in [-0.25, -0.2) is 28.4 Å². The molecule has 0 aliphatic heterocycles. The molecule has 36 heavy (non-hydrogen) atoms. The van der Waals surface area contributed by atoms with E-state index in [9.17, 15) is 8.42 Å². The summed E-state index contributed by atoms with van der Waals surface area (Å²) in [6, 6.07) is 15.7. The van der Waals surface area contributed by atoms with Gasteiger partial charge in [-0.05, 0) is 41.3 Å². The maximum Gasteiger partial charge on any atom is 0.263 e. The van der Waals surface area contributed by atoms with Crippen LogP contribution in [0.15, 0.2) is 81.7 Å². The zero-order valence-electron chi connectivity index (χ0n) is 20.1. The van der Waals surface area contributed by atoms with Crippen LogP contribution in [0.25, 0.3) is 11.6 Å². The highest BCUT2D eigenvalue weighted by Crippen LogP contribution is 2.42. The summed E-state index contributed by atoms with van der Waals surface area (Å²) in [6.45, 7) is 6.19. The van der Waals surface area contributed by atoms with Crippen molar-refractivity contribution in [3.63, 3.8) is 0 Å². The summed E-state index contributed by atoms with van der Waals surface area (Å²) < 4.78 is 34.8. The van der Waals surface area contributed by atoms with Crippen LogP contribution >= 0.6 is 23.4 Å². The quantitative estimate of drug-likeness (QED) is 0.290. The minimum absolute atomic E-state index is 0.00765. The van der Waals surface area contributed by atoms with Crippen LogP contribution in [-0.4, -0.2) is 35.5 Å². The summed E-state index contributed by atoms with van der Waals surface area (Å²) in [5.41, 5.74) is 0.904. The van der Waals surface area contributed by atoms with Crippen LogP contribution < -0.4 is 9.46 Å². The molecule has 4 rings (SSSR count). The van der Waals surface area contributed by atoms with Gasteiger partial charge in [0.05, 0.1) is 21.8 Å². The topological polar surface area (TPSA) is 107 Å². The zero-order valence-corrected chi connectivity index (χ0v) is 22.4. The third kappa shape index (κ3) is 5.77. The van der Waals surface area contributed by atoms with Gasteiger partial charge in [-0.1, -0.05) is 68.4 Å². The van der Waals surface area contributed by atoms with E-state index in [-0.39, 0.29) is 32.9 Å². The van der Waals surface area contributed by atoms with Gasteiger partial charge in [0.25, 0.3) is 10.0 Å². The number of para-hydroxylation sites is 1. The second kappa shape index (κ2) is 10.4. The van der Waals surface area contributed by atoms with E-state index in [0.717, 1.165) is 5.56 Å². The average Bonchev–Trinajstić information content (AvgIpc) is 2.86. The highest BCUT2D eigenvalue weighted by atomic mass is 35.5. The maximum absolute atomic E-state index is 13.4. The molecule has 11 heteroatoms. The number of nitrogens with one attached hydrogen (secondary N) is 1. The smallest absolute Gasteiger partial charge is 0.263 e. The third-order valence-corrected chi connectivity index (χ3v) is 8.02. The lowest BCUT2D eigenvalue weighted by Crippen LogP contribution is -2.17. The van der Waals surface area contributed by atoms with E-state index in [0.29, 0.717) is 15.5 Å². The number of hydrogen-bond donors (Lipinski definition) is 1. The number of nitrogens with zero attached hydrogens (tertiary/aromatic N) is 4. The first kappa shape index (κ1) is 25.9. The highest BCUT2D eigenvalue weighted by molar-refractivity contribution is 8.00. The fraction of sp³-hybridized carbons (Fsp3) is 0.200. The van der Waals surface area contributed by atoms with Crippen molar-refractivity contribution in [1.29, 1.82) is 0 Å². The van der Waals surface area contributed by atoms with Gasteiger partial charge in [0.1, 0.15) is 10.9 Å². The number of sulfonamides is 1. The Morgan fingerprint density at radius 3 is 2.22 bits per heavy atom. The number of ether oxygens (including phenoxy) is 1. The normalized spacial score (nSPS) is 11.8. The van der Waals surface area contributed by atoms with Gasteiger partial charge in [-0.2, -0.15) is 0 Å². The molecule has 0 amide bonds. The molecule has 2 aromatic carbocycles. The first-order valence-corrected chi connectivity index (χ1v) is 13.6. The van der Waals surface area contributed by atoms with Crippen LogP contribution in [0.1, 0.15) is 26.3 Å². The van der Waals surface area contributed by atoms with Crippen molar-refractivity contribution in [1.82, 2.24) is 19.9 Å². The number of anilines is 1. The SMILES string of the molecule is COc1ccccc1Sc1c(Cl)nc(-c2ncccn2)nc1NS(=O)(=O)c1ccc(C(C)(C)C)cc1. The number of aromatic nitrogens is 4. The number of benzene rings is 2. The Morgan fingerprint density at radius 1 is 0.917 bits per heavy atom. The molecule has 0 unspecified atom stereocenters. The first-order chi connectivity index (χ1) is 17.1. The van der Waals surface area contributed by atoms with Crippen molar-refractivity contribution >= 4 is 39.2 Å². The molecule has 4 aromatic rings. The second-order valence-electron chi connectivity index (χ2n) is 8.72. The molecule has 0 aliphatic rings. The molecule has 0 spiro atoms. The van der Waals surface area contributed by atoms with Crippen molar-refractivity contribution in [2.45, 2.75) is 40.9 Å². The minimum Gasteiger partial charge on any atom is -0.496 e. The van der Waals surface area contributed by atoms with Crippen LogP contribution in [0, 0.1) is 0 Å². The summed E-state index contributed by atoms with van der Waals surface area (Å²) in [4.78, 5) is 18.2. The average molecular weight is 542 g/mol. The van der Waals surface area contributed by atoms with Crippen LogP contribution in [0.4, 0.5) is 5.82 Å². The lowest BCUT2D eigenvalue weighted by molar-refractivity contribution is 0.405. The van der Waals surface area contributed by atoms with E-state index in [1.807, 2.05) is 18.2 Å². The van der Waals surface area contributed by atoms with Crippen LogP contribution in [0.5, 0.6) is 5.75 Å². The molecule has 0 saturated carbocycles. The molecule has 0 radical (unpaired) electrons. The van der Waals surface area contributed by atoms with Gasteiger partial charge in [-0.15, -0.1) is 0 Å². The molecular formula is C25H24ClN5O3S2. The third-order valence-electron chi connectivity index (χ3n) is 5.13. The molecule has 0 aliphatic carbocycles. The molecular weight excluding hydrogens is 518 g/mol.